The van der Waals surface area contributed by atoms with E-state index < -0.39 is 0 Å². The number of likely N-dealkylation sites (tertiary alicyclic amines) is 1. The van der Waals surface area contributed by atoms with Crippen LogP contribution in [0.15, 0.2) is 51.9 Å². The summed E-state index contributed by atoms with van der Waals surface area (Å²) in [6.45, 7) is 1.31. The second-order valence-corrected chi connectivity index (χ2v) is 6.75. The second-order valence-electron chi connectivity index (χ2n) is 5.93. The van der Waals surface area contributed by atoms with Gasteiger partial charge in [-0.05, 0) is 40.9 Å². The molecule has 3 aromatic rings. The molecule has 1 atom stereocenters. The first-order chi connectivity index (χ1) is 12.2. The lowest BCUT2D eigenvalue weighted by molar-refractivity contribution is 0.0698. The minimum atomic E-state index is -0.0248. The van der Waals surface area contributed by atoms with Crippen LogP contribution in [-0.2, 0) is 0 Å². The van der Waals surface area contributed by atoms with Crippen molar-refractivity contribution in [3.63, 3.8) is 0 Å². The third-order valence-electron chi connectivity index (χ3n) is 4.32. The van der Waals surface area contributed by atoms with Gasteiger partial charge in [-0.15, -0.1) is 0 Å². The topological polar surface area (TPSA) is 77.1 Å². The molecule has 1 fully saturated rings. The number of piperidine rings is 1. The lowest BCUT2D eigenvalue weighted by Crippen LogP contribution is -2.39. The van der Waals surface area contributed by atoms with Gasteiger partial charge in [0.15, 0.2) is 5.89 Å². The van der Waals surface area contributed by atoms with Crippen LogP contribution in [-0.4, -0.2) is 43.9 Å². The maximum Gasteiger partial charge on any atom is 0.256 e. The molecule has 1 amide bonds. The third kappa shape index (κ3) is 3.21. The van der Waals surface area contributed by atoms with E-state index in [0.29, 0.717) is 28.3 Å². The van der Waals surface area contributed by atoms with Crippen LogP contribution >= 0.6 is 15.9 Å². The molecular formula is C17H16BrN5O2. The van der Waals surface area contributed by atoms with E-state index in [0.717, 1.165) is 19.4 Å². The van der Waals surface area contributed by atoms with Crippen LogP contribution in [0.3, 0.4) is 0 Å². The first-order valence-electron chi connectivity index (χ1n) is 8.08. The summed E-state index contributed by atoms with van der Waals surface area (Å²) < 4.78 is 6.18. The van der Waals surface area contributed by atoms with Crippen LogP contribution in [0, 0.1) is 0 Å². The van der Waals surface area contributed by atoms with E-state index in [1.807, 2.05) is 29.2 Å². The molecule has 0 unspecified atom stereocenters. The molecule has 4 rings (SSSR count). The molecule has 0 spiro atoms. The Hall–Kier alpha value is -2.48. The molecule has 1 saturated heterocycles. The predicted molar refractivity (Wildman–Crippen MR) is 93.4 cm³/mol. The van der Waals surface area contributed by atoms with Gasteiger partial charge in [0.1, 0.15) is 10.9 Å². The standard InChI is InChI=1S/C17H16BrN5O2/c18-15-11-25-16(21-15)12-4-3-9-22(10-12)17(24)13-5-1-2-6-14(13)23-19-7-8-20-23/h1-2,5-8,11-12H,3-4,9-10H2/t12-/m1/s1. The van der Waals surface area contributed by atoms with E-state index in [1.54, 1.807) is 18.7 Å². The summed E-state index contributed by atoms with van der Waals surface area (Å²) in [5.74, 6) is 0.758. The van der Waals surface area contributed by atoms with Crippen molar-refractivity contribution in [2.75, 3.05) is 13.1 Å². The maximum atomic E-state index is 13.1. The predicted octanol–water partition coefficient (Wildman–Crippen LogP) is 3.04. The van der Waals surface area contributed by atoms with Crippen molar-refractivity contribution < 1.29 is 9.21 Å². The van der Waals surface area contributed by atoms with Crippen molar-refractivity contribution in [3.8, 4) is 5.69 Å². The zero-order valence-corrected chi connectivity index (χ0v) is 15.0. The molecule has 2 aromatic heterocycles. The van der Waals surface area contributed by atoms with Gasteiger partial charge in [-0.3, -0.25) is 4.79 Å². The number of hydrogen-bond acceptors (Lipinski definition) is 5. The highest BCUT2D eigenvalue weighted by atomic mass is 79.9. The molecule has 0 aliphatic carbocycles. The Kier molecular flexibility index (Phi) is 4.35. The normalized spacial score (nSPS) is 17.6. The number of carbonyl (C=O) groups excluding carboxylic acids is 1. The van der Waals surface area contributed by atoms with Crippen molar-refractivity contribution in [1.82, 2.24) is 24.9 Å². The first-order valence-corrected chi connectivity index (χ1v) is 8.87. The Morgan fingerprint density at radius 1 is 1.24 bits per heavy atom. The van der Waals surface area contributed by atoms with Crippen molar-refractivity contribution in [1.29, 1.82) is 0 Å². The lowest BCUT2D eigenvalue weighted by Gasteiger charge is -2.31. The zero-order valence-electron chi connectivity index (χ0n) is 13.4. The van der Waals surface area contributed by atoms with Gasteiger partial charge < -0.3 is 9.32 Å². The summed E-state index contributed by atoms with van der Waals surface area (Å²) in [6.07, 6.45) is 6.64. The van der Waals surface area contributed by atoms with Gasteiger partial charge in [-0.1, -0.05) is 12.1 Å². The fourth-order valence-corrected chi connectivity index (χ4v) is 3.43. The van der Waals surface area contributed by atoms with E-state index in [-0.39, 0.29) is 11.8 Å². The molecule has 3 heterocycles. The molecule has 0 N–H and O–H groups in total. The minimum Gasteiger partial charge on any atom is -0.447 e. The number of halogens is 1. The van der Waals surface area contributed by atoms with Gasteiger partial charge in [0.2, 0.25) is 0 Å². The summed E-state index contributed by atoms with van der Waals surface area (Å²) in [4.78, 5) is 20.8. The lowest BCUT2D eigenvalue weighted by atomic mass is 9.97. The zero-order chi connectivity index (χ0) is 17.2. The third-order valence-corrected chi connectivity index (χ3v) is 4.68. The highest BCUT2D eigenvalue weighted by molar-refractivity contribution is 9.10. The Balaban J connectivity index is 1.59. The Morgan fingerprint density at radius 3 is 2.80 bits per heavy atom. The van der Waals surface area contributed by atoms with Gasteiger partial charge in [-0.25, -0.2) is 4.98 Å². The Bertz CT molecular complexity index is 877. The van der Waals surface area contributed by atoms with Crippen LogP contribution < -0.4 is 0 Å². The Labute approximate surface area is 152 Å². The van der Waals surface area contributed by atoms with Gasteiger partial charge in [0.05, 0.1) is 29.6 Å². The molecule has 1 aliphatic heterocycles. The van der Waals surface area contributed by atoms with Crippen molar-refractivity contribution in [2.24, 2.45) is 0 Å². The number of amides is 1. The van der Waals surface area contributed by atoms with E-state index in [1.165, 1.54) is 4.80 Å². The Morgan fingerprint density at radius 2 is 2.04 bits per heavy atom. The number of para-hydroxylation sites is 1. The highest BCUT2D eigenvalue weighted by Gasteiger charge is 2.29. The summed E-state index contributed by atoms with van der Waals surface area (Å²) in [5.41, 5.74) is 1.27. The molecular weight excluding hydrogens is 386 g/mol. The molecule has 128 valence electrons. The number of hydrogen-bond donors (Lipinski definition) is 0. The van der Waals surface area contributed by atoms with Crippen molar-refractivity contribution >= 4 is 21.8 Å². The van der Waals surface area contributed by atoms with Gasteiger partial charge in [0.25, 0.3) is 5.91 Å². The van der Waals surface area contributed by atoms with Gasteiger partial charge in [0, 0.05) is 13.1 Å². The van der Waals surface area contributed by atoms with Crippen LogP contribution in [0.5, 0.6) is 0 Å². The van der Waals surface area contributed by atoms with E-state index in [9.17, 15) is 4.79 Å². The number of carbonyl (C=O) groups is 1. The first kappa shape index (κ1) is 16.0. The fraction of sp³-hybridized carbons (Fsp3) is 0.294. The van der Waals surface area contributed by atoms with Crippen molar-refractivity contribution in [2.45, 2.75) is 18.8 Å². The average Bonchev–Trinajstić information content (AvgIpc) is 3.33. The largest absolute Gasteiger partial charge is 0.447 e. The average molecular weight is 402 g/mol. The summed E-state index contributed by atoms with van der Waals surface area (Å²) in [6, 6.07) is 7.39. The molecule has 0 bridgehead atoms. The highest BCUT2D eigenvalue weighted by Crippen LogP contribution is 2.28. The minimum absolute atomic E-state index is 0.0248. The number of rotatable bonds is 3. The van der Waals surface area contributed by atoms with Gasteiger partial charge in [-0.2, -0.15) is 15.0 Å². The quantitative estimate of drug-likeness (QED) is 0.673. The molecule has 1 aliphatic rings. The number of aromatic nitrogens is 4. The van der Waals surface area contributed by atoms with Gasteiger partial charge >= 0.3 is 0 Å². The summed E-state index contributed by atoms with van der Waals surface area (Å²) in [7, 11) is 0. The molecule has 1 aromatic carbocycles. The van der Waals surface area contributed by atoms with E-state index in [2.05, 4.69) is 31.1 Å². The number of benzene rings is 1. The van der Waals surface area contributed by atoms with Crippen LogP contribution in [0.25, 0.3) is 5.69 Å². The van der Waals surface area contributed by atoms with Crippen LogP contribution in [0.4, 0.5) is 0 Å². The SMILES string of the molecule is O=C(c1ccccc1-n1nccn1)N1CCC[C@@H](c2nc(Br)co2)C1. The van der Waals surface area contributed by atoms with E-state index >= 15 is 0 Å². The molecule has 0 radical (unpaired) electrons. The molecule has 8 heteroatoms. The molecule has 0 saturated carbocycles. The fourth-order valence-electron chi connectivity index (χ4n) is 3.16. The number of nitrogens with zero attached hydrogens (tertiary/aromatic N) is 5. The van der Waals surface area contributed by atoms with Crippen LogP contribution in [0.2, 0.25) is 0 Å². The summed E-state index contributed by atoms with van der Waals surface area (Å²) >= 11 is 3.31. The molecule has 7 nitrogen and oxygen atoms in total. The molecule has 25 heavy (non-hydrogen) atoms. The van der Waals surface area contributed by atoms with Crippen LogP contribution in [0.1, 0.15) is 35.0 Å². The van der Waals surface area contributed by atoms with E-state index in [4.69, 9.17) is 4.42 Å². The number of oxazole rings is 1. The maximum absolute atomic E-state index is 13.1. The monoisotopic (exact) mass is 401 g/mol. The van der Waals surface area contributed by atoms with Crippen molar-refractivity contribution in [3.05, 3.63) is 59.0 Å². The smallest absolute Gasteiger partial charge is 0.256 e. The summed E-state index contributed by atoms with van der Waals surface area (Å²) in [5, 5.41) is 8.29. The second kappa shape index (κ2) is 6.79.